The summed E-state index contributed by atoms with van der Waals surface area (Å²) in [5.41, 5.74) is 1.60. The lowest BCUT2D eigenvalue weighted by molar-refractivity contribution is 0.638. The lowest BCUT2D eigenvalue weighted by Crippen LogP contribution is -2.29. The van der Waals surface area contributed by atoms with Crippen LogP contribution in [-0.2, 0) is 0 Å². The highest BCUT2D eigenvalue weighted by Gasteiger charge is 2.12. The number of aromatic nitrogens is 1. The number of aryl methyl sites for hydroxylation is 1. The molecule has 0 N–H and O–H groups in total. The largest absolute Gasteiger partial charge is 0.409 e. The number of hydrogen-bond acceptors (Lipinski definition) is 0. The minimum absolute atomic E-state index is 0.0730. The van der Waals surface area contributed by atoms with Gasteiger partial charge in [-0.1, -0.05) is 10.9 Å². The van der Waals surface area contributed by atoms with Crippen LogP contribution in [0.15, 0.2) is 6.07 Å². The molecule has 0 aliphatic carbocycles. The number of benzene rings is 1. The van der Waals surface area contributed by atoms with Crippen LogP contribution in [0.4, 0.5) is 4.39 Å². The zero-order valence-electron chi connectivity index (χ0n) is 8.21. The molecule has 0 spiro atoms. The minimum Gasteiger partial charge on any atom is -0.409 e. The molecule has 1 nitrogen and oxygen atoms in total. The molecule has 2 aromatic rings. The van der Waals surface area contributed by atoms with Crippen molar-refractivity contribution in [3.05, 3.63) is 17.4 Å². The van der Waals surface area contributed by atoms with Gasteiger partial charge in [-0.25, -0.2) is 4.39 Å². The Balaban J connectivity index is 3.06. The van der Waals surface area contributed by atoms with E-state index in [1.807, 2.05) is 0 Å². The smallest absolute Gasteiger partial charge is 0.233 e. The first kappa shape index (κ1) is 10.5. The first-order valence-corrected chi connectivity index (χ1v) is 4.34. The Kier molecular flexibility index (Phi) is 2.25. The van der Waals surface area contributed by atoms with Gasteiger partial charge in [0, 0.05) is 5.52 Å². The van der Waals surface area contributed by atoms with Gasteiger partial charge in [0.25, 0.3) is 0 Å². The molecule has 15 heavy (non-hydrogen) atoms. The molecule has 1 aromatic heterocycles. The van der Waals surface area contributed by atoms with E-state index in [-0.39, 0.29) is 10.9 Å². The maximum absolute atomic E-state index is 13.3. The average Bonchev–Trinajstić information content (AvgIpc) is 2.40. The molecule has 0 fully saturated rings. The van der Waals surface area contributed by atoms with Gasteiger partial charge < -0.3 is 4.48 Å². The summed E-state index contributed by atoms with van der Waals surface area (Å²) in [4.78, 5) is 0. The Morgan fingerprint density at radius 2 is 1.80 bits per heavy atom. The van der Waals surface area contributed by atoms with Gasteiger partial charge in [0.05, 0.1) is 0 Å². The van der Waals surface area contributed by atoms with E-state index in [0.717, 1.165) is 0 Å². The van der Waals surface area contributed by atoms with Crippen molar-refractivity contribution in [2.75, 3.05) is 0 Å². The van der Waals surface area contributed by atoms with E-state index in [1.165, 1.54) is 10.5 Å². The molecule has 0 bridgehead atoms. The molecule has 0 aliphatic rings. The fourth-order valence-corrected chi connectivity index (χ4v) is 1.69. The minimum atomic E-state index is -0.593. The second-order valence-corrected chi connectivity index (χ2v) is 3.46. The van der Waals surface area contributed by atoms with Gasteiger partial charge in [-0.05, 0) is 29.5 Å². The van der Waals surface area contributed by atoms with Crippen molar-refractivity contribution in [1.29, 1.82) is 0 Å². The Labute approximate surface area is 92.7 Å². The highest BCUT2D eigenvalue weighted by atomic mass is 19.1. The van der Waals surface area contributed by atoms with Crippen LogP contribution in [-0.4, -0.2) is 36.0 Å². The van der Waals surface area contributed by atoms with E-state index in [9.17, 15) is 4.39 Å². The predicted molar refractivity (Wildman–Crippen MR) is 63.9 cm³/mol. The van der Waals surface area contributed by atoms with E-state index < -0.39 is 5.82 Å². The molecule has 64 valence electrons. The highest BCUT2D eigenvalue weighted by Crippen LogP contribution is 2.15. The van der Waals surface area contributed by atoms with Crippen LogP contribution in [0.3, 0.4) is 0 Å². The Hall–Kier alpha value is -1.05. The van der Waals surface area contributed by atoms with Crippen LogP contribution >= 0.6 is 0 Å². The Morgan fingerprint density at radius 1 is 1.20 bits per heavy atom. The zero-order valence-corrected chi connectivity index (χ0v) is 8.21. The highest BCUT2D eigenvalue weighted by molar-refractivity contribution is 6.54. The molecule has 0 unspecified atom stereocenters. The van der Waals surface area contributed by atoms with Gasteiger partial charge in [0.15, 0.2) is 0 Å². The van der Waals surface area contributed by atoms with Gasteiger partial charge in [-0.2, -0.15) is 0 Å². The number of halogens is 1. The Morgan fingerprint density at radius 3 is 2.40 bits per heavy atom. The van der Waals surface area contributed by atoms with Gasteiger partial charge in [-0.3, -0.25) is 0 Å². The first-order chi connectivity index (χ1) is 6.95. The maximum atomic E-state index is 13.3. The third kappa shape index (κ3) is 1.27. The van der Waals surface area contributed by atoms with Crippen molar-refractivity contribution in [1.82, 2.24) is 4.48 Å². The molecule has 0 atom stereocenters. The van der Waals surface area contributed by atoms with Crippen molar-refractivity contribution in [2.45, 2.75) is 6.92 Å². The van der Waals surface area contributed by atoms with Crippen LogP contribution in [0.5, 0.6) is 0 Å². The summed E-state index contributed by atoms with van der Waals surface area (Å²) in [6.07, 6.45) is 0. The molecular weight excluding hydrogens is 184 g/mol. The average molecular weight is 188 g/mol. The van der Waals surface area contributed by atoms with E-state index in [2.05, 4.69) is 0 Å². The second kappa shape index (κ2) is 3.22. The quantitative estimate of drug-likeness (QED) is 0.439. The van der Waals surface area contributed by atoms with Gasteiger partial charge in [-0.15, -0.1) is 0 Å². The summed E-state index contributed by atoms with van der Waals surface area (Å²) in [5.74, 6) is -0.593. The number of fused-ring (bicyclic) bond motifs is 1. The summed E-state index contributed by atoms with van der Waals surface area (Å²) in [7, 11) is 22.6. The maximum Gasteiger partial charge on any atom is 0.233 e. The molecule has 2 rings (SSSR count). The van der Waals surface area contributed by atoms with Crippen molar-refractivity contribution < 1.29 is 4.39 Å². The van der Waals surface area contributed by atoms with Crippen LogP contribution in [0, 0.1) is 12.7 Å². The number of hydrogen-bond donors (Lipinski definition) is 0. The first-order valence-electron chi connectivity index (χ1n) is 4.34. The van der Waals surface area contributed by atoms with E-state index in [4.69, 9.17) is 31.5 Å². The van der Waals surface area contributed by atoms with Crippen molar-refractivity contribution in [2.24, 2.45) is 0 Å². The standard InChI is InChI=1S/C9H4B4FN/c1-3-6-5(15(13)9(3)12)2-4(14)7(10)8(6)11/h2H,1H3. The fourth-order valence-electron chi connectivity index (χ4n) is 1.69. The van der Waals surface area contributed by atoms with E-state index in [1.54, 1.807) is 6.92 Å². The van der Waals surface area contributed by atoms with Crippen LogP contribution in [0.2, 0.25) is 0 Å². The normalized spacial score (nSPS) is 11.1. The number of rotatable bonds is 0. The van der Waals surface area contributed by atoms with Crippen LogP contribution in [0.25, 0.3) is 10.9 Å². The molecule has 1 heterocycles. The summed E-state index contributed by atoms with van der Waals surface area (Å²) in [6.45, 7) is 1.76. The summed E-state index contributed by atoms with van der Waals surface area (Å²) < 4.78 is 14.5. The molecular formula is C9H4B4FN. The number of nitrogens with zero attached hydrogens (tertiary/aromatic N) is 1. The van der Waals surface area contributed by atoms with E-state index in [0.29, 0.717) is 22.1 Å². The van der Waals surface area contributed by atoms with Gasteiger partial charge in [0.2, 0.25) is 7.98 Å². The summed E-state index contributed by atoms with van der Waals surface area (Å²) >= 11 is 0. The Bertz CT molecular complexity index is 561. The lowest BCUT2D eigenvalue weighted by Gasteiger charge is -2.06. The molecule has 0 saturated heterocycles. The molecule has 6 heteroatoms. The molecule has 0 aliphatic heterocycles. The van der Waals surface area contributed by atoms with Crippen molar-refractivity contribution >= 4 is 58.9 Å². The fraction of sp³-hybridized carbons (Fsp3) is 0.111. The molecule has 0 saturated carbocycles. The summed E-state index contributed by atoms with van der Waals surface area (Å²) in [6, 6.07) is 1.23. The molecule has 0 amide bonds. The molecule has 8 radical (unpaired) electrons. The SMILES string of the molecule is [B]c1c(F)cc2c(c1[B])c(C)c([B])n2[B]. The van der Waals surface area contributed by atoms with Crippen molar-refractivity contribution in [3.8, 4) is 0 Å². The molecule has 1 aromatic carbocycles. The van der Waals surface area contributed by atoms with Gasteiger partial charge >= 0.3 is 0 Å². The van der Waals surface area contributed by atoms with E-state index >= 15 is 0 Å². The topological polar surface area (TPSA) is 4.93 Å². The predicted octanol–water partition coefficient (Wildman–Crippen LogP) is -1.60. The summed E-state index contributed by atoms with van der Waals surface area (Å²) in [5, 5.41) is 0.605. The third-order valence-corrected chi connectivity index (χ3v) is 2.61. The van der Waals surface area contributed by atoms with Gasteiger partial charge in [0.1, 0.15) is 29.4 Å². The van der Waals surface area contributed by atoms with Crippen LogP contribution in [0.1, 0.15) is 5.56 Å². The third-order valence-electron chi connectivity index (χ3n) is 2.61. The zero-order chi connectivity index (χ0) is 11.3. The monoisotopic (exact) mass is 189 g/mol. The second-order valence-electron chi connectivity index (χ2n) is 3.46. The van der Waals surface area contributed by atoms with Crippen molar-refractivity contribution in [3.63, 3.8) is 0 Å². The van der Waals surface area contributed by atoms with Crippen LogP contribution < -0.4 is 16.5 Å². The lowest BCUT2D eigenvalue weighted by atomic mass is 9.77.